The van der Waals surface area contributed by atoms with E-state index in [1.165, 1.54) is 18.2 Å². The fourth-order valence-corrected chi connectivity index (χ4v) is 3.29. The molecule has 108 valence electrons. The minimum atomic E-state index is -0.837. The van der Waals surface area contributed by atoms with Gasteiger partial charge in [0.25, 0.3) is 0 Å². The van der Waals surface area contributed by atoms with Crippen molar-refractivity contribution < 1.29 is 14.3 Å². The fourth-order valence-electron chi connectivity index (χ4n) is 2.84. The highest BCUT2D eigenvalue weighted by Crippen LogP contribution is 2.46. The number of hydrogen-bond acceptors (Lipinski definition) is 2. The van der Waals surface area contributed by atoms with Crippen LogP contribution in [0.2, 0.25) is 10.0 Å². The van der Waals surface area contributed by atoms with Gasteiger partial charge in [0.1, 0.15) is 16.6 Å². The molecule has 0 saturated carbocycles. The van der Waals surface area contributed by atoms with Gasteiger partial charge in [-0.2, -0.15) is 0 Å². The van der Waals surface area contributed by atoms with Crippen LogP contribution in [0.1, 0.15) is 28.4 Å². The molecule has 0 amide bonds. The number of Topliss-reactive ketones (excluding diaryl/α,β-unsaturated/α-hetero) is 1. The van der Waals surface area contributed by atoms with Gasteiger partial charge in [-0.15, -0.1) is 0 Å². The second kappa shape index (κ2) is 4.72. The number of hydrogen-bond donors (Lipinski definition) is 1. The standard InChI is InChI=1S/C16H11Cl2FO2/c1-16(9-2-4-10(19)5-3-9)7-8-6-11(20)13(17)14(18)12(8)15(16)21/h2-6,20H,7H2,1H3. The molecule has 0 spiro atoms. The van der Waals surface area contributed by atoms with E-state index in [4.69, 9.17) is 23.2 Å². The molecule has 0 fully saturated rings. The summed E-state index contributed by atoms with van der Waals surface area (Å²) >= 11 is 12.0. The molecule has 0 radical (unpaired) electrons. The number of carbonyl (C=O) groups is 1. The first-order valence-electron chi connectivity index (χ1n) is 6.35. The van der Waals surface area contributed by atoms with Crippen molar-refractivity contribution in [2.75, 3.05) is 0 Å². The molecule has 3 rings (SSSR count). The summed E-state index contributed by atoms with van der Waals surface area (Å²) in [7, 11) is 0. The van der Waals surface area contributed by atoms with E-state index in [9.17, 15) is 14.3 Å². The van der Waals surface area contributed by atoms with Crippen LogP contribution in [0.3, 0.4) is 0 Å². The predicted octanol–water partition coefficient (Wildman–Crippen LogP) is 4.53. The van der Waals surface area contributed by atoms with Gasteiger partial charge >= 0.3 is 0 Å². The Bertz CT molecular complexity index is 756. The van der Waals surface area contributed by atoms with Crippen LogP contribution in [0, 0.1) is 5.82 Å². The van der Waals surface area contributed by atoms with Crippen LogP contribution in [-0.4, -0.2) is 10.9 Å². The summed E-state index contributed by atoms with van der Waals surface area (Å²) in [6, 6.07) is 7.30. The van der Waals surface area contributed by atoms with Gasteiger partial charge in [-0.05, 0) is 42.7 Å². The van der Waals surface area contributed by atoms with Crippen molar-refractivity contribution in [3.05, 3.63) is 62.9 Å². The third-order valence-electron chi connectivity index (χ3n) is 4.02. The molecule has 2 nitrogen and oxygen atoms in total. The van der Waals surface area contributed by atoms with Crippen LogP contribution in [0.25, 0.3) is 0 Å². The normalized spacial score (nSPS) is 20.7. The number of aromatic hydroxyl groups is 1. The molecule has 0 heterocycles. The zero-order valence-corrected chi connectivity index (χ0v) is 12.6. The Morgan fingerprint density at radius 2 is 1.81 bits per heavy atom. The molecule has 1 aliphatic rings. The van der Waals surface area contributed by atoms with Gasteiger partial charge in [-0.25, -0.2) is 4.39 Å². The number of ketones is 1. The van der Waals surface area contributed by atoms with Crippen molar-refractivity contribution >= 4 is 29.0 Å². The highest BCUT2D eigenvalue weighted by atomic mass is 35.5. The molecule has 21 heavy (non-hydrogen) atoms. The average molecular weight is 325 g/mol. The highest BCUT2D eigenvalue weighted by Gasteiger charge is 2.45. The minimum Gasteiger partial charge on any atom is -0.506 e. The van der Waals surface area contributed by atoms with Gasteiger partial charge in [-0.3, -0.25) is 4.79 Å². The van der Waals surface area contributed by atoms with Gasteiger partial charge in [0.2, 0.25) is 0 Å². The number of phenols is 1. The van der Waals surface area contributed by atoms with Gasteiger partial charge in [-0.1, -0.05) is 35.3 Å². The van der Waals surface area contributed by atoms with Gasteiger partial charge < -0.3 is 5.11 Å². The predicted molar refractivity (Wildman–Crippen MR) is 79.9 cm³/mol. The lowest BCUT2D eigenvalue weighted by molar-refractivity contribution is 0.0915. The van der Waals surface area contributed by atoms with Crippen molar-refractivity contribution in [3.8, 4) is 5.75 Å². The lowest BCUT2D eigenvalue weighted by atomic mass is 9.79. The highest BCUT2D eigenvalue weighted by molar-refractivity contribution is 6.45. The molecule has 0 aromatic heterocycles. The topological polar surface area (TPSA) is 37.3 Å². The van der Waals surface area contributed by atoms with Gasteiger partial charge in [0, 0.05) is 5.56 Å². The summed E-state index contributed by atoms with van der Waals surface area (Å²) < 4.78 is 13.1. The third-order valence-corrected chi connectivity index (χ3v) is 4.88. The maximum absolute atomic E-state index is 13.1. The number of rotatable bonds is 1. The van der Waals surface area contributed by atoms with Crippen LogP contribution in [0.5, 0.6) is 5.75 Å². The van der Waals surface area contributed by atoms with Crippen LogP contribution in [-0.2, 0) is 11.8 Å². The number of fused-ring (bicyclic) bond motifs is 1. The van der Waals surface area contributed by atoms with E-state index in [0.717, 1.165) is 0 Å². The SMILES string of the molecule is CC1(c2ccc(F)cc2)Cc2cc(O)c(Cl)c(Cl)c2C1=O. The van der Waals surface area contributed by atoms with Crippen molar-refractivity contribution in [1.29, 1.82) is 0 Å². The first kappa shape index (κ1) is 14.4. The number of phenolic OH excluding ortho intramolecular Hbond substituents is 1. The maximum atomic E-state index is 13.1. The van der Waals surface area contributed by atoms with Crippen LogP contribution < -0.4 is 0 Å². The monoisotopic (exact) mass is 324 g/mol. The van der Waals surface area contributed by atoms with E-state index < -0.39 is 5.41 Å². The molecule has 1 aliphatic carbocycles. The molecular weight excluding hydrogens is 314 g/mol. The van der Waals surface area contributed by atoms with E-state index in [1.807, 2.05) is 0 Å². The van der Waals surface area contributed by atoms with Crippen molar-refractivity contribution in [1.82, 2.24) is 0 Å². The zero-order chi connectivity index (χ0) is 15.4. The quantitative estimate of drug-likeness (QED) is 0.836. The van der Waals surface area contributed by atoms with E-state index >= 15 is 0 Å². The molecule has 0 aliphatic heterocycles. The fraction of sp³-hybridized carbons (Fsp3) is 0.188. The summed E-state index contributed by atoms with van der Waals surface area (Å²) in [6.07, 6.45) is 0.386. The minimum absolute atomic E-state index is 0.0212. The Morgan fingerprint density at radius 1 is 1.19 bits per heavy atom. The smallest absolute Gasteiger partial charge is 0.175 e. The van der Waals surface area contributed by atoms with Crippen molar-refractivity contribution in [2.24, 2.45) is 0 Å². The summed E-state index contributed by atoms with van der Waals surface area (Å²) in [5.74, 6) is -0.670. The van der Waals surface area contributed by atoms with E-state index in [1.54, 1.807) is 19.1 Å². The van der Waals surface area contributed by atoms with Crippen LogP contribution >= 0.6 is 23.2 Å². The molecule has 0 saturated heterocycles. The van der Waals surface area contributed by atoms with Crippen LogP contribution in [0.15, 0.2) is 30.3 Å². The Labute approximate surface area is 131 Å². The van der Waals surface area contributed by atoms with Crippen molar-refractivity contribution in [2.45, 2.75) is 18.8 Å². The summed E-state index contributed by atoms with van der Waals surface area (Å²) in [6.45, 7) is 1.78. The molecule has 1 unspecified atom stereocenters. The summed E-state index contributed by atoms with van der Waals surface area (Å²) in [4.78, 5) is 12.8. The van der Waals surface area contributed by atoms with E-state index in [0.29, 0.717) is 23.1 Å². The number of carbonyl (C=O) groups excluding carboxylic acids is 1. The molecule has 0 bridgehead atoms. The molecule has 2 aromatic rings. The lowest BCUT2D eigenvalue weighted by Gasteiger charge is -2.22. The van der Waals surface area contributed by atoms with Crippen LogP contribution in [0.4, 0.5) is 4.39 Å². The van der Waals surface area contributed by atoms with E-state index in [2.05, 4.69) is 0 Å². The van der Waals surface area contributed by atoms with E-state index in [-0.39, 0.29) is 27.4 Å². The van der Waals surface area contributed by atoms with Gasteiger partial charge in [0.05, 0.1) is 10.4 Å². The second-order valence-electron chi connectivity index (χ2n) is 5.40. The second-order valence-corrected chi connectivity index (χ2v) is 6.16. The summed E-state index contributed by atoms with van der Waals surface area (Å²) in [5.41, 5.74) is 0.860. The molecule has 1 atom stereocenters. The largest absolute Gasteiger partial charge is 0.506 e. The molecule has 5 heteroatoms. The number of benzene rings is 2. The average Bonchev–Trinajstić information content (AvgIpc) is 2.70. The van der Waals surface area contributed by atoms with Crippen molar-refractivity contribution in [3.63, 3.8) is 0 Å². The Morgan fingerprint density at radius 3 is 2.43 bits per heavy atom. The third kappa shape index (κ3) is 2.03. The molecule has 2 aromatic carbocycles. The summed E-state index contributed by atoms with van der Waals surface area (Å²) in [5, 5.41) is 9.80. The first-order chi connectivity index (χ1) is 9.84. The maximum Gasteiger partial charge on any atom is 0.175 e. The lowest BCUT2D eigenvalue weighted by Crippen LogP contribution is -2.29. The zero-order valence-electron chi connectivity index (χ0n) is 11.1. The Kier molecular flexibility index (Phi) is 3.23. The molecule has 1 N–H and O–H groups in total. The van der Waals surface area contributed by atoms with Gasteiger partial charge in [0.15, 0.2) is 5.78 Å². The molecular formula is C16H11Cl2FO2. The Hall–Kier alpha value is -1.58. The Balaban J connectivity index is 2.16. The number of halogens is 3. The first-order valence-corrected chi connectivity index (χ1v) is 7.11.